The second-order valence-electron chi connectivity index (χ2n) is 6.94. The number of ether oxygens (including phenoxy) is 1. The Morgan fingerprint density at radius 2 is 1.72 bits per heavy atom. The summed E-state index contributed by atoms with van der Waals surface area (Å²) < 4.78 is 5.82. The fraction of sp³-hybridized carbons (Fsp3) is 0.273. The molecule has 0 spiro atoms. The van der Waals surface area contributed by atoms with Crippen molar-refractivity contribution >= 4 is 23.6 Å². The molecule has 0 saturated carbocycles. The lowest BCUT2D eigenvalue weighted by atomic mass is 9.94. The van der Waals surface area contributed by atoms with Crippen molar-refractivity contribution in [2.45, 2.75) is 20.8 Å². The molecular weight excluding hydrogens is 372 g/mol. The Bertz CT molecular complexity index is 993. The SMILES string of the molecule is Cc1c(C)c2c(c(C)c1O)C=C(C(=O)Nc1ccc(C(=O)NCCO)cc1)CO2. The standard InChI is InChI=1S/C22H24N2O5/c1-12-13(2)20-18(14(3)19(12)26)10-16(11-29-20)22(28)24-17-6-4-15(5-7-17)21(27)23-8-9-25/h4-7,10,25-26H,8-9,11H2,1-3H3,(H,23,27)(H,24,28). The summed E-state index contributed by atoms with van der Waals surface area (Å²) in [4.78, 5) is 24.5. The number of carbonyl (C=O) groups excluding carboxylic acids is 2. The van der Waals surface area contributed by atoms with E-state index in [1.807, 2.05) is 13.8 Å². The van der Waals surface area contributed by atoms with Crippen LogP contribution in [0.1, 0.15) is 32.6 Å². The molecule has 7 nitrogen and oxygen atoms in total. The number of rotatable bonds is 5. The monoisotopic (exact) mass is 396 g/mol. The Hall–Kier alpha value is -3.32. The minimum atomic E-state index is -0.315. The van der Waals surface area contributed by atoms with E-state index >= 15 is 0 Å². The smallest absolute Gasteiger partial charge is 0.255 e. The average molecular weight is 396 g/mol. The number of carbonyl (C=O) groups is 2. The van der Waals surface area contributed by atoms with Crippen LogP contribution in [-0.2, 0) is 4.79 Å². The minimum Gasteiger partial charge on any atom is -0.507 e. The van der Waals surface area contributed by atoms with Crippen molar-refractivity contribution in [3.63, 3.8) is 0 Å². The van der Waals surface area contributed by atoms with Crippen LogP contribution in [0.3, 0.4) is 0 Å². The Morgan fingerprint density at radius 3 is 2.38 bits per heavy atom. The van der Waals surface area contributed by atoms with Crippen molar-refractivity contribution in [3.8, 4) is 11.5 Å². The number of hydrogen-bond donors (Lipinski definition) is 4. The summed E-state index contributed by atoms with van der Waals surface area (Å²) in [5.74, 6) is 0.286. The van der Waals surface area contributed by atoms with E-state index in [9.17, 15) is 14.7 Å². The van der Waals surface area contributed by atoms with Gasteiger partial charge >= 0.3 is 0 Å². The lowest BCUT2D eigenvalue weighted by Crippen LogP contribution is -2.26. The molecule has 0 radical (unpaired) electrons. The van der Waals surface area contributed by atoms with Crippen LogP contribution in [0, 0.1) is 20.8 Å². The van der Waals surface area contributed by atoms with Crippen LogP contribution < -0.4 is 15.4 Å². The van der Waals surface area contributed by atoms with Gasteiger partial charge < -0.3 is 25.6 Å². The molecule has 1 aliphatic heterocycles. The second-order valence-corrected chi connectivity index (χ2v) is 6.94. The van der Waals surface area contributed by atoms with Gasteiger partial charge in [0.05, 0.1) is 12.2 Å². The Labute approximate surface area is 169 Å². The number of aliphatic hydroxyl groups is 1. The number of anilines is 1. The molecule has 0 fully saturated rings. The van der Waals surface area contributed by atoms with Gasteiger partial charge in [-0.25, -0.2) is 0 Å². The Balaban J connectivity index is 1.77. The highest BCUT2D eigenvalue weighted by Gasteiger charge is 2.23. The fourth-order valence-electron chi connectivity index (χ4n) is 3.17. The van der Waals surface area contributed by atoms with Gasteiger partial charge in [0.2, 0.25) is 0 Å². The molecule has 0 unspecified atom stereocenters. The second kappa shape index (κ2) is 8.36. The summed E-state index contributed by atoms with van der Waals surface area (Å²) >= 11 is 0. The summed E-state index contributed by atoms with van der Waals surface area (Å²) in [6, 6.07) is 6.46. The first-order valence-corrected chi connectivity index (χ1v) is 9.30. The van der Waals surface area contributed by atoms with Gasteiger partial charge in [0, 0.05) is 28.9 Å². The van der Waals surface area contributed by atoms with Crippen LogP contribution in [0.15, 0.2) is 29.8 Å². The van der Waals surface area contributed by atoms with Crippen LogP contribution in [0.2, 0.25) is 0 Å². The highest BCUT2D eigenvalue weighted by molar-refractivity contribution is 6.08. The molecular formula is C22H24N2O5. The first-order valence-electron chi connectivity index (χ1n) is 9.30. The normalized spacial score (nSPS) is 12.5. The molecule has 29 heavy (non-hydrogen) atoms. The molecule has 1 heterocycles. The Morgan fingerprint density at radius 1 is 1.03 bits per heavy atom. The Kier molecular flexibility index (Phi) is 5.89. The number of nitrogens with one attached hydrogen (secondary N) is 2. The van der Waals surface area contributed by atoms with E-state index < -0.39 is 0 Å². The molecule has 2 aromatic carbocycles. The van der Waals surface area contributed by atoms with Crippen LogP contribution in [0.5, 0.6) is 11.5 Å². The summed E-state index contributed by atoms with van der Waals surface area (Å²) in [5, 5.41) is 24.4. The van der Waals surface area contributed by atoms with Gasteiger partial charge in [-0.05, 0) is 62.2 Å². The number of benzene rings is 2. The highest BCUT2D eigenvalue weighted by Crippen LogP contribution is 2.40. The van der Waals surface area contributed by atoms with E-state index in [0.717, 1.165) is 11.1 Å². The van der Waals surface area contributed by atoms with E-state index in [2.05, 4.69) is 10.6 Å². The zero-order chi connectivity index (χ0) is 21.1. The van der Waals surface area contributed by atoms with E-state index in [1.165, 1.54) is 0 Å². The lowest BCUT2D eigenvalue weighted by Gasteiger charge is -2.23. The number of aromatic hydroxyl groups is 1. The van der Waals surface area contributed by atoms with Gasteiger partial charge in [0.15, 0.2) is 0 Å². The van der Waals surface area contributed by atoms with E-state index in [0.29, 0.717) is 33.7 Å². The molecule has 1 aliphatic rings. The van der Waals surface area contributed by atoms with Crippen molar-refractivity contribution in [1.82, 2.24) is 5.32 Å². The van der Waals surface area contributed by atoms with Crippen molar-refractivity contribution < 1.29 is 24.5 Å². The molecule has 0 saturated heterocycles. The predicted octanol–water partition coefficient (Wildman–Crippen LogP) is 2.45. The largest absolute Gasteiger partial charge is 0.507 e. The molecule has 2 amide bonds. The predicted molar refractivity (Wildman–Crippen MR) is 110 cm³/mol. The third kappa shape index (κ3) is 4.09. The molecule has 0 atom stereocenters. The van der Waals surface area contributed by atoms with Gasteiger partial charge in [-0.2, -0.15) is 0 Å². The van der Waals surface area contributed by atoms with Crippen LogP contribution in [0.4, 0.5) is 5.69 Å². The first-order chi connectivity index (χ1) is 13.8. The van der Waals surface area contributed by atoms with Crippen molar-refractivity contribution in [2.24, 2.45) is 0 Å². The summed E-state index contributed by atoms with van der Waals surface area (Å²) in [5.41, 5.74) is 4.42. The molecule has 0 bridgehead atoms. The molecule has 3 rings (SSSR count). The number of aliphatic hydroxyl groups excluding tert-OH is 1. The van der Waals surface area contributed by atoms with E-state index in [1.54, 1.807) is 37.3 Å². The molecule has 2 aromatic rings. The number of fused-ring (bicyclic) bond motifs is 1. The van der Waals surface area contributed by atoms with E-state index in [-0.39, 0.29) is 37.3 Å². The average Bonchev–Trinajstić information content (AvgIpc) is 2.74. The maximum atomic E-state index is 12.7. The molecule has 7 heteroatoms. The van der Waals surface area contributed by atoms with Gasteiger partial charge in [-0.15, -0.1) is 0 Å². The maximum Gasteiger partial charge on any atom is 0.255 e. The third-order valence-electron chi connectivity index (χ3n) is 5.05. The van der Waals surface area contributed by atoms with Crippen molar-refractivity contribution in [2.75, 3.05) is 25.1 Å². The van der Waals surface area contributed by atoms with Gasteiger partial charge in [0.1, 0.15) is 18.1 Å². The first kappa shape index (κ1) is 20.4. The maximum absolute atomic E-state index is 12.7. The third-order valence-corrected chi connectivity index (χ3v) is 5.05. The number of hydrogen-bond acceptors (Lipinski definition) is 5. The molecule has 0 aliphatic carbocycles. The summed E-state index contributed by atoms with van der Waals surface area (Å²) in [7, 11) is 0. The molecule has 4 N–H and O–H groups in total. The number of phenols is 1. The van der Waals surface area contributed by atoms with E-state index in [4.69, 9.17) is 9.84 Å². The van der Waals surface area contributed by atoms with Crippen LogP contribution in [0.25, 0.3) is 6.08 Å². The quantitative estimate of drug-likeness (QED) is 0.621. The van der Waals surface area contributed by atoms with Crippen molar-refractivity contribution in [3.05, 3.63) is 57.7 Å². The van der Waals surface area contributed by atoms with Crippen molar-refractivity contribution in [1.29, 1.82) is 0 Å². The number of amides is 2. The van der Waals surface area contributed by atoms with Crippen LogP contribution in [-0.4, -0.2) is 41.8 Å². The molecule has 0 aromatic heterocycles. The lowest BCUT2D eigenvalue weighted by molar-refractivity contribution is -0.113. The summed E-state index contributed by atoms with van der Waals surface area (Å²) in [6.45, 7) is 5.69. The molecule has 152 valence electrons. The van der Waals surface area contributed by atoms with Gasteiger partial charge in [-0.3, -0.25) is 9.59 Å². The zero-order valence-corrected chi connectivity index (χ0v) is 16.6. The topological polar surface area (TPSA) is 108 Å². The van der Waals surface area contributed by atoms with Gasteiger partial charge in [-0.1, -0.05) is 0 Å². The zero-order valence-electron chi connectivity index (χ0n) is 16.6. The highest BCUT2D eigenvalue weighted by atomic mass is 16.5. The fourth-order valence-corrected chi connectivity index (χ4v) is 3.17. The van der Waals surface area contributed by atoms with Gasteiger partial charge in [0.25, 0.3) is 11.8 Å². The van der Waals surface area contributed by atoms with Crippen LogP contribution >= 0.6 is 0 Å². The summed E-state index contributed by atoms with van der Waals surface area (Å²) in [6.07, 6.45) is 1.74. The minimum absolute atomic E-state index is 0.128. The number of phenolic OH excluding ortho intramolecular Hbond substituents is 1.